The van der Waals surface area contributed by atoms with Crippen molar-refractivity contribution in [1.29, 1.82) is 0 Å². The number of pyridine rings is 1. The maximum Gasteiger partial charge on any atom is 0.340 e. The van der Waals surface area contributed by atoms with Gasteiger partial charge in [-0.05, 0) is 24.0 Å². The van der Waals surface area contributed by atoms with Gasteiger partial charge in [-0.2, -0.15) is 0 Å². The number of rotatable bonds is 1. The molecule has 0 bridgehead atoms. The molecular formula is C13H13N4O+. The first-order valence-corrected chi connectivity index (χ1v) is 5.82. The van der Waals surface area contributed by atoms with E-state index in [-0.39, 0.29) is 11.5 Å². The zero-order valence-corrected chi connectivity index (χ0v) is 9.97. The lowest BCUT2D eigenvalue weighted by molar-refractivity contribution is -0.643. The Bertz CT molecular complexity index is 807. The van der Waals surface area contributed by atoms with Crippen LogP contribution < -0.4 is 15.9 Å². The molecule has 3 N–H and O–H groups in total. The van der Waals surface area contributed by atoms with Gasteiger partial charge in [0.05, 0.1) is 6.54 Å². The molecule has 0 fully saturated rings. The summed E-state index contributed by atoms with van der Waals surface area (Å²) in [6, 6.07) is 9.76. The zero-order valence-electron chi connectivity index (χ0n) is 9.97. The molecule has 3 rings (SSSR count). The third-order valence-electron chi connectivity index (χ3n) is 3.05. The molecule has 18 heavy (non-hydrogen) atoms. The van der Waals surface area contributed by atoms with Crippen LogP contribution in [0.3, 0.4) is 0 Å². The van der Waals surface area contributed by atoms with Crippen LogP contribution in [0.1, 0.15) is 6.92 Å². The highest BCUT2D eigenvalue weighted by molar-refractivity contribution is 5.86. The number of nitrogens with two attached hydrogens (primary N) is 1. The van der Waals surface area contributed by atoms with Gasteiger partial charge < -0.3 is 5.73 Å². The van der Waals surface area contributed by atoms with Gasteiger partial charge >= 0.3 is 11.6 Å². The first kappa shape index (κ1) is 10.7. The van der Waals surface area contributed by atoms with Crippen LogP contribution in [-0.2, 0) is 6.54 Å². The van der Waals surface area contributed by atoms with Crippen LogP contribution in [-0.4, -0.2) is 9.97 Å². The molecule has 0 aliphatic heterocycles. The minimum atomic E-state index is -0.203. The molecular weight excluding hydrogens is 228 g/mol. The summed E-state index contributed by atoms with van der Waals surface area (Å²) in [5.41, 5.74) is 7.08. The Morgan fingerprint density at radius 2 is 2.17 bits per heavy atom. The van der Waals surface area contributed by atoms with Crippen molar-refractivity contribution in [3.05, 3.63) is 40.7 Å². The summed E-state index contributed by atoms with van der Waals surface area (Å²) in [5.74, 6) is 0.144. The Morgan fingerprint density at radius 1 is 1.39 bits per heavy atom. The summed E-state index contributed by atoms with van der Waals surface area (Å²) in [5, 5.41) is 1.58. The monoisotopic (exact) mass is 241 g/mol. The molecule has 0 spiro atoms. The third kappa shape index (κ3) is 1.44. The quantitative estimate of drug-likeness (QED) is 0.492. The maximum atomic E-state index is 11.9. The van der Waals surface area contributed by atoms with E-state index >= 15 is 0 Å². The fourth-order valence-electron chi connectivity index (χ4n) is 2.27. The van der Waals surface area contributed by atoms with Gasteiger partial charge in [-0.3, -0.25) is 9.78 Å². The van der Waals surface area contributed by atoms with Crippen molar-refractivity contribution in [2.24, 2.45) is 0 Å². The Balaban J connectivity index is 2.62. The molecule has 1 aromatic carbocycles. The predicted molar refractivity (Wildman–Crippen MR) is 70.2 cm³/mol. The molecule has 0 saturated carbocycles. The average Bonchev–Trinajstić information content (AvgIpc) is 2.36. The highest BCUT2D eigenvalue weighted by atomic mass is 16.1. The molecule has 3 aromatic rings. The second-order valence-corrected chi connectivity index (χ2v) is 4.14. The molecule has 90 valence electrons. The number of nitrogens with zero attached hydrogens (tertiary/aromatic N) is 2. The van der Waals surface area contributed by atoms with Crippen LogP contribution in [0.25, 0.3) is 21.9 Å². The second-order valence-electron chi connectivity index (χ2n) is 4.14. The van der Waals surface area contributed by atoms with E-state index in [2.05, 4.69) is 9.97 Å². The molecule has 0 aliphatic rings. The first-order chi connectivity index (χ1) is 8.70. The van der Waals surface area contributed by atoms with Crippen molar-refractivity contribution in [3.63, 3.8) is 0 Å². The van der Waals surface area contributed by atoms with Crippen molar-refractivity contribution in [2.45, 2.75) is 13.5 Å². The number of aromatic nitrogens is 3. The van der Waals surface area contributed by atoms with Crippen molar-refractivity contribution >= 4 is 27.9 Å². The number of nitrogen functional groups attached to an aromatic ring is 1. The Hall–Kier alpha value is -2.43. The number of H-pyrrole nitrogens is 1. The molecule has 2 heterocycles. The minimum Gasteiger partial charge on any atom is -0.348 e. The van der Waals surface area contributed by atoms with Crippen molar-refractivity contribution < 1.29 is 4.57 Å². The smallest absolute Gasteiger partial charge is 0.340 e. The summed E-state index contributed by atoms with van der Waals surface area (Å²) < 4.78 is 2.00. The van der Waals surface area contributed by atoms with E-state index in [0.717, 1.165) is 17.4 Å². The van der Waals surface area contributed by atoms with Gasteiger partial charge in [-0.15, -0.1) is 0 Å². The summed E-state index contributed by atoms with van der Waals surface area (Å²) in [4.78, 5) is 18.7. The highest BCUT2D eigenvalue weighted by Gasteiger charge is 2.17. The Morgan fingerprint density at radius 3 is 2.94 bits per heavy atom. The summed E-state index contributed by atoms with van der Waals surface area (Å²) >= 11 is 0. The van der Waals surface area contributed by atoms with Crippen molar-refractivity contribution in [1.82, 2.24) is 9.97 Å². The van der Waals surface area contributed by atoms with Gasteiger partial charge in [-0.1, -0.05) is 18.2 Å². The average molecular weight is 241 g/mol. The van der Waals surface area contributed by atoms with Crippen molar-refractivity contribution in [2.75, 3.05) is 5.73 Å². The molecule has 5 nitrogen and oxygen atoms in total. The fraction of sp³-hybridized carbons (Fsp3) is 0.154. The number of nitrogens with one attached hydrogen (secondary N) is 1. The SMILES string of the molecule is CC[n+]1c2ccccc2cc2c(=O)[nH]c(N)nc21. The van der Waals surface area contributed by atoms with E-state index in [4.69, 9.17) is 5.73 Å². The number of benzene rings is 1. The maximum absolute atomic E-state index is 11.9. The van der Waals surface area contributed by atoms with Gasteiger partial charge in [0.2, 0.25) is 0 Å². The van der Waals surface area contributed by atoms with E-state index in [1.165, 1.54) is 0 Å². The Labute approximate surface area is 103 Å². The number of aromatic amines is 1. The van der Waals surface area contributed by atoms with Gasteiger partial charge in [-0.25, -0.2) is 4.57 Å². The standard InChI is InChI=1S/C13H12N4O/c1-2-17-10-6-4-3-5-8(10)7-9-11(17)15-13(14)16-12(9)18/h3-7H,2H2,1H3,(H2,14,16,18)/p+1. The lowest BCUT2D eigenvalue weighted by Gasteiger charge is -2.04. The zero-order chi connectivity index (χ0) is 12.7. The van der Waals surface area contributed by atoms with E-state index in [1.54, 1.807) is 0 Å². The van der Waals surface area contributed by atoms with Crippen LogP contribution in [0.15, 0.2) is 35.1 Å². The molecule has 0 aliphatic carbocycles. The Kier molecular flexibility index (Phi) is 2.26. The normalized spacial score (nSPS) is 11.2. The van der Waals surface area contributed by atoms with E-state index < -0.39 is 0 Å². The molecule has 0 saturated heterocycles. The molecule has 0 unspecified atom stereocenters. The summed E-state index contributed by atoms with van der Waals surface area (Å²) in [7, 11) is 0. The van der Waals surface area contributed by atoms with Gasteiger partial charge in [0, 0.05) is 5.39 Å². The summed E-state index contributed by atoms with van der Waals surface area (Å²) in [6.07, 6.45) is 0. The highest BCUT2D eigenvalue weighted by Crippen LogP contribution is 2.14. The summed E-state index contributed by atoms with van der Waals surface area (Å²) in [6.45, 7) is 2.75. The van der Waals surface area contributed by atoms with Gasteiger partial charge in [0.15, 0.2) is 0 Å². The first-order valence-electron chi connectivity index (χ1n) is 5.82. The number of fused-ring (bicyclic) bond motifs is 2. The van der Waals surface area contributed by atoms with Crippen LogP contribution in [0, 0.1) is 0 Å². The number of anilines is 1. The molecule has 5 heteroatoms. The fourth-order valence-corrected chi connectivity index (χ4v) is 2.27. The van der Waals surface area contributed by atoms with Crippen molar-refractivity contribution in [3.8, 4) is 0 Å². The van der Waals surface area contributed by atoms with E-state index in [1.807, 2.05) is 41.8 Å². The molecule has 0 atom stereocenters. The van der Waals surface area contributed by atoms with Crippen LogP contribution >= 0.6 is 0 Å². The number of aryl methyl sites for hydroxylation is 1. The third-order valence-corrected chi connectivity index (χ3v) is 3.05. The van der Waals surface area contributed by atoms with Crippen LogP contribution in [0.2, 0.25) is 0 Å². The largest absolute Gasteiger partial charge is 0.348 e. The van der Waals surface area contributed by atoms with Crippen LogP contribution in [0.5, 0.6) is 0 Å². The molecule has 0 amide bonds. The van der Waals surface area contributed by atoms with E-state index in [0.29, 0.717) is 11.0 Å². The molecule has 2 aromatic heterocycles. The predicted octanol–water partition coefficient (Wildman–Crippen LogP) is 0.966. The molecule has 0 radical (unpaired) electrons. The lowest BCUT2D eigenvalue weighted by Crippen LogP contribution is -2.36. The number of hydrogen-bond acceptors (Lipinski definition) is 3. The van der Waals surface area contributed by atoms with Crippen LogP contribution in [0.4, 0.5) is 5.95 Å². The van der Waals surface area contributed by atoms with Gasteiger partial charge in [0.25, 0.3) is 5.56 Å². The minimum absolute atomic E-state index is 0.144. The number of para-hydroxylation sites is 1. The topological polar surface area (TPSA) is 75.6 Å². The van der Waals surface area contributed by atoms with E-state index in [9.17, 15) is 4.79 Å². The second kappa shape index (κ2) is 3.80. The number of hydrogen-bond donors (Lipinski definition) is 2. The van der Waals surface area contributed by atoms with Gasteiger partial charge in [0.1, 0.15) is 10.9 Å². The lowest BCUT2D eigenvalue weighted by atomic mass is 10.1.